The molecule has 0 aromatic heterocycles. The van der Waals surface area contributed by atoms with Crippen molar-refractivity contribution >= 4 is 0 Å². The highest BCUT2D eigenvalue weighted by atomic mass is 16.3. The molecule has 0 spiro atoms. The van der Waals surface area contributed by atoms with E-state index in [-0.39, 0.29) is 0 Å². The highest BCUT2D eigenvalue weighted by Gasteiger charge is 2.61. The predicted molar refractivity (Wildman–Crippen MR) is 67.3 cm³/mol. The average molecular weight is 225 g/mol. The van der Waals surface area contributed by atoms with Gasteiger partial charge < -0.3 is 10.4 Å². The monoisotopic (exact) mass is 225 g/mol. The predicted octanol–water partition coefficient (Wildman–Crippen LogP) is 2.56. The van der Waals surface area contributed by atoms with E-state index in [1.807, 2.05) is 0 Å². The third-order valence-corrected chi connectivity index (χ3v) is 5.84. The quantitative estimate of drug-likeness (QED) is 0.770. The first-order valence-electron chi connectivity index (χ1n) is 6.78. The molecule has 2 nitrogen and oxygen atoms in total. The maximum Gasteiger partial charge on any atom is 0.0445 e. The van der Waals surface area contributed by atoms with Gasteiger partial charge in [-0.1, -0.05) is 20.8 Å². The van der Waals surface area contributed by atoms with Crippen molar-refractivity contribution in [2.75, 3.05) is 6.61 Å². The molecule has 0 aromatic carbocycles. The largest absolute Gasteiger partial charge is 0.396 e. The zero-order chi connectivity index (χ0) is 12.0. The molecule has 0 saturated heterocycles. The van der Waals surface area contributed by atoms with Crippen molar-refractivity contribution in [2.24, 2.45) is 16.7 Å². The number of hydrogen-bond acceptors (Lipinski definition) is 2. The van der Waals surface area contributed by atoms with Crippen LogP contribution in [0.25, 0.3) is 0 Å². The van der Waals surface area contributed by atoms with E-state index < -0.39 is 0 Å². The van der Waals surface area contributed by atoms with Gasteiger partial charge in [0.15, 0.2) is 0 Å². The fourth-order valence-corrected chi connectivity index (χ4v) is 4.08. The van der Waals surface area contributed by atoms with Crippen molar-refractivity contribution in [3.8, 4) is 0 Å². The normalized spacial score (nSPS) is 42.6. The second kappa shape index (κ2) is 3.99. The summed E-state index contributed by atoms with van der Waals surface area (Å²) in [6, 6.07) is 1.10. The van der Waals surface area contributed by atoms with Gasteiger partial charge in [0, 0.05) is 18.7 Å². The van der Waals surface area contributed by atoms with Gasteiger partial charge in [-0.25, -0.2) is 0 Å². The van der Waals surface area contributed by atoms with Crippen LogP contribution < -0.4 is 5.32 Å². The summed E-state index contributed by atoms with van der Waals surface area (Å²) < 4.78 is 0. The van der Waals surface area contributed by atoms with Gasteiger partial charge >= 0.3 is 0 Å². The second-order valence-corrected chi connectivity index (χ2v) is 6.74. The molecule has 94 valence electrons. The molecule has 0 aromatic rings. The molecule has 2 fully saturated rings. The van der Waals surface area contributed by atoms with Crippen LogP contribution >= 0.6 is 0 Å². The van der Waals surface area contributed by atoms with Gasteiger partial charge in [0.2, 0.25) is 0 Å². The van der Waals surface area contributed by atoms with E-state index in [0.717, 1.165) is 12.3 Å². The minimum Gasteiger partial charge on any atom is -0.396 e. The summed E-state index contributed by atoms with van der Waals surface area (Å²) in [5, 5.41) is 12.7. The van der Waals surface area contributed by atoms with Gasteiger partial charge in [0.25, 0.3) is 0 Å². The van der Waals surface area contributed by atoms with E-state index in [2.05, 4.69) is 33.0 Å². The molecule has 0 aliphatic heterocycles. The van der Waals surface area contributed by atoms with E-state index in [1.54, 1.807) is 0 Å². The van der Waals surface area contributed by atoms with Crippen LogP contribution in [0.1, 0.15) is 53.4 Å². The molecule has 2 aliphatic carbocycles. The first-order chi connectivity index (χ1) is 7.41. The molecule has 4 atom stereocenters. The lowest BCUT2D eigenvalue weighted by Crippen LogP contribution is -2.47. The Morgan fingerprint density at radius 1 is 1.38 bits per heavy atom. The Kier molecular flexibility index (Phi) is 3.09. The molecule has 2 heteroatoms. The summed E-state index contributed by atoms with van der Waals surface area (Å²) in [5.41, 5.74) is 0.949. The highest BCUT2D eigenvalue weighted by Crippen LogP contribution is 2.65. The molecular formula is C14H27NO. The summed E-state index contributed by atoms with van der Waals surface area (Å²) in [6.45, 7) is 9.85. The van der Waals surface area contributed by atoms with Crippen LogP contribution in [-0.4, -0.2) is 23.8 Å². The van der Waals surface area contributed by atoms with Gasteiger partial charge in [-0.05, 0) is 49.4 Å². The Bertz CT molecular complexity index is 263. The van der Waals surface area contributed by atoms with Crippen LogP contribution in [0.3, 0.4) is 0 Å². The van der Waals surface area contributed by atoms with Gasteiger partial charge in [-0.15, -0.1) is 0 Å². The molecule has 0 amide bonds. The molecule has 0 heterocycles. The van der Waals surface area contributed by atoms with E-state index in [4.69, 9.17) is 5.11 Å². The molecule has 3 unspecified atom stereocenters. The summed E-state index contributed by atoms with van der Waals surface area (Å²) in [5.74, 6) is 0.899. The lowest BCUT2D eigenvalue weighted by molar-refractivity contribution is 0.113. The van der Waals surface area contributed by atoms with Crippen molar-refractivity contribution in [1.82, 2.24) is 5.32 Å². The van der Waals surface area contributed by atoms with Gasteiger partial charge in [0.1, 0.15) is 0 Å². The van der Waals surface area contributed by atoms with E-state index in [1.165, 1.54) is 19.3 Å². The van der Waals surface area contributed by atoms with Gasteiger partial charge in [-0.2, -0.15) is 0 Å². The number of rotatable bonds is 4. The van der Waals surface area contributed by atoms with Gasteiger partial charge in [-0.3, -0.25) is 0 Å². The molecule has 2 N–H and O–H groups in total. The Labute approximate surface area is 99.8 Å². The first-order valence-corrected chi connectivity index (χ1v) is 6.78. The van der Waals surface area contributed by atoms with Crippen LogP contribution in [0, 0.1) is 16.7 Å². The Morgan fingerprint density at radius 3 is 2.50 bits per heavy atom. The standard InChI is InChI=1S/C14H27NO/c1-10(6-8-16)15-12-9-11-5-7-14(12,4)13(11,2)3/h10-12,15-16H,5-9H2,1-4H3/t10?,11?,12?,14-/m1/s1. The number of aliphatic hydroxyl groups excluding tert-OH is 1. The fraction of sp³-hybridized carbons (Fsp3) is 1.00. The SMILES string of the molecule is CC(CCO)NC1CC2CC[C@@]1(C)C2(C)C. The summed E-state index contributed by atoms with van der Waals surface area (Å²) in [4.78, 5) is 0. The first kappa shape index (κ1) is 12.4. The van der Waals surface area contributed by atoms with E-state index in [0.29, 0.717) is 29.5 Å². The number of fused-ring (bicyclic) bond motifs is 2. The minimum atomic E-state index is 0.296. The minimum absolute atomic E-state index is 0.296. The lowest BCUT2D eigenvalue weighted by Gasteiger charge is -2.40. The van der Waals surface area contributed by atoms with E-state index in [9.17, 15) is 0 Å². The molecule has 2 bridgehead atoms. The smallest absolute Gasteiger partial charge is 0.0445 e. The van der Waals surface area contributed by atoms with Crippen LogP contribution in [0.4, 0.5) is 0 Å². The molecule has 2 aliphatic rings. The van der Waals surface area contributed by atoms with Crippen molar-refractivity contribution in [1.29, 1.82) is 0 Å². The average Bonchev–Trinajstić information content (AvgIpc) is 2.51. The van der Waals surface area contributed by atoms with Crippen LogP contribution in [-0.2, 0) is 0 Å². The second-order valence-electron chi connectivity index (χ2n) is 6.74. The van der Waals surface area contributed by atoms with Crippen LogP contribution in [0.15, 0.2) is 0 Å². The van der Waals surface area contributed by atoms with Crippen LogP contribution in [0.2, 0.25) is 0 Å². The summed E-state index contributed by atoms with van der Waals surface area (Å²) in [6.07, 6.45) is 4.99. The Hall–Kier alpha value is -0.0800. The topological polar surface area (TPSA) is 32.3 Å². The Balaban J connectivity index is 2.04. The van der Waals surface area contributed by atoms with Gasteiger partial charge in [0.05, 0.1) is 0 Å². The third kappa shape index (κ3) is 1.62. The summed E-state index contributed by atoms with van der Waals surface area (Å²) in [7, 11) is 0. The molecule has 0 radical (unpaired) electrons. The third-order valence-electron chi connectivity index (χ3n) is 5.84. The lowest BCUT2D eigenvalue weighted by atomic mass is 9.69. The number of aliphatic hydroxyl groups is 1. The molecule has 2 rings (SSSR count). The number of nitrogens with one attached hydrogen (secondary N) is 1. The zero-order valence-electron chi connectivity index (χ0n) is 11.2. The highest BCUT2D eigenvalue weighted by molar-refractivity contribution is 5.13. The molecule has 16 heavy (non-hydrogen) atoms. The van der Waals surface area contributed by atoms with E-state index >= 15 is 0 Å². The Morgan fingerprint density at radius 2 is 2.06 bits per heavy atom. The maximum atomic E-state index is 8.97. The molecule has 2 saturated carbocycles. The summed E-state index contributed by atoms with van der Waals surface area (Å²) >= 11 is 0. The van der Waals surface area contributed by atoms with Crippen molar-refractivity contribution in [3.63, 3.8) is 0 Å². The van der Waals surface area contributed by atoms with Crippen LogP contribution in [0.5, 0.6) is 0 Å². The van der Waals surface area contributed by atoms with Crippen molar-refractivity contribution in [2.45, 2.75) is 65.5 Å². The molecular weight excluding hydrogens is 198 g/mol. The van der Waals surface area contributed by atoms with Crippen molar-refractivity contribution < 1.29 is 5.11 Å². The van der Waals surface area contributed by atoms with Crippen molar-refractivity contribution in [3.05, 3.63) is 0 Å². The zero-order valence-corrected chi connectivity index (χ0v) is 11.2. The maximum absolute atomic E-state index is 8.97. The fourth-order valence-electron chi connectivity index (χ4n) is 4.08. The number of hydrogen-bond donors (Lipinski definition) is 2.